The lowest BCUT2D eigenvalue weighted by Gasteiger charge is -2.09. The first-order valence-corrected chi connectivity index (χ1v) is 7.14. The van der Waals surface area contributed by atoms with Gasteiger partial charge in [-0.15, -0.1) is 0 Å². The maximum Gasteiger partial charge on any atom is 0.144 e. The molecule has 0 amide bonds. The molecule has 0 bridgehead atoms. The van der Waals surface area contributed by atoms with E-state index in [2.05, 4.69) is 53.2 Å². The van der Waals surface area contributed by atoms with E-state index >= 15 is 0 Å². The molecule has 5 heteroatoms. The van der Waals surface area contributed by atoms with Crippen LogP contribution in [0.4, 0.5) is 5.82 Å². The third-order valence-corrected chi connectivity index (χ3v) is 4.33. The van der Waals surface area contributed by atoms with E-state index in [0.717, 1.165) is 26.3 Å². The number of anilines is 1. The summed E-state index contributed by atoms with van der Waals surface area (Å²) in [7, 11) is 1.86. The van der Waals surface area contributed by atoms with E-state index in [1.54, 1.807) is 0 Å². The van der Waals surface area contributed by atoms with Crippen LogP contribution in [0.5, 0.6) is 0 Å². The number of hydrogen-bond donors (Lipinski definition) is 1. The summed E-state index contributed by atoms with van der Waals surface area (Å²) < 4.78 is 2.00. The topological polar surface area (TPSA) is 37.8 Å². The quantitative estimate of drug-likeness (QED) is 0.888. The Morgan fingerprint density at radius 1 is 1.17 bits per heavy atom. The number of aryl methyl sites for hydroxylation is 1. The Morgan fingerprint density at radius 3 is 2.56 bits per heavy atom. The maximum absolute atomic E-state index is 4.50. The molecule has 0 aliphatic rings. The molecule has 0 unspecified atom stereocenters. The van der Waals surface area contributed by atoms with Gasteiger partial charge >= 0.3 is 0 Å². The Kier molecular flexibility index (Phi) is 4.35. The standard InChI is InChI=1S/C13H13Br2N3/c1-8-12(15)13(16-2)18-11(17-8)7-9-5-3-4-6-10(9)14/h3-6H,7H2,1-2H3,(H,16,17,18). The molecule has 1 aromatic carbocycles. The molecular weight excluding hydrogens is 358 g/mol. The van der Waals surface area contributed by atoms with Gasteiger partial charge in [-0.1, -0.05) is 34.1 Å². The van der Waals surface area contributed by atoms with Gasteiger partial charge in [0.05, 0.1) is 10.2 Å². The third-order valence-electron chi connectivity index (χ3n) is 2.61. The van der Waals surface area contributed by atoms with Crippen molar-refractivity contribution >= 4 is 37.7 Å². The van der Waals surface area contributed by atoms with Crippen LogP contribution in [-0.2, 0) is 6.42 Å². The summed E-state index contributed by atoms with van der Waals surface area (Å²) in [5, 5.41) is 3.07. The van der Waals surface area contributed by atoms with Crippen molar-refractivity contribution in [1.82, 2.24) is 9.97 Å². The molecule has 0 saturated carbocycles. The summed E-state index contributed by atoms with van der Waals surface area (Å²) in [6, 6.07) is 8.12. The van der Waals surface area contributed by atoms with Gasteiger partial charge in [0.1, 0.15) is 11.6 Å². The fourth-order valence-electron chi connectivity index (χ4n) is 1.67. The van der Waals surface area contributed by atoms with E-state index in [0.29, 0.717) is 6.42 Å². The molecule has 0 aliphatic heterocycles. The second-order valence-corrected chi connectivity index (χ2v) is 5.55. The summed E-state index contributed by atoms with van der Waals surface area (Å²) in [5.74, 6) is 1.64. The number of benzene rings is 1. The average molecular weight is 371 g/mol. The molecule has 2 aromatic rings. The first-order chi connectivity index (χ1) is 8.61. The van der Waals surface area contributed by atoms with E-state index in [-0.39, 0.29) is 0 Å². The van der Waals surface area contributed by atoms with Crippen LogP contribution in [0.25, 0.3) is 0 Å². The molecule has 1 N–H and O–H groups in total. The maximum atomic E-state index is 4.50. The summed E-state index contributed by atoms with van der Waals surface area (Å²) >= 11 is 7.02. The lowest BCUT2D eigenvalue weighted by molar-refractivity contribution is 0.933. The van der Waals surface area contributed by atoms with E-state index < -0.39 is 0 Å². The van der Waals surface area contributed by atoms with Crippen molar-refractivity contribution in [2.24, 2.45) is 0 Å². The Hall–Kier alpha value is -0.940. The number of nitrogens with one attached hydrogen (secondary N) is 1. The van der Waals surface area contributed by atoms with Gasteiger partial charge in [0.25, 0.3) is 0 Å². The Morgan fingerprint density at radius 2 is 1.89 bits per heavy atom. The number of aromatic nitrogens is 2. The number of halogens is 2. The molecule has 2 rings (SSSR count). The molecule has 1 aromatic heterocycles. The first-order valence-electron chi connectivity index (χ1n) is 5.56. The second kappa shape index (κ2) is 5.80. The van der Waals surface area contributed by atoms with Gasteiger partial charge in [0, 0.05) is 17.9 Å². The smallest absolute Gasteiger partial charge is 0.144 e. The predicted molar refractivity (Wildman–Crippen MR) is 81.0 cm³/mol. The van der Waals surface area contributed by atoms with Crippen LogP contribution in [0.1, 0.15) is 17.1 Å². The lowest BCUT2D eigenvalue weighted by Crippen LogP contribution is -2.04. The Bertz CT molecular complexity index is 570. The highest BCUT2D eigenvalue weighted by atomic mass is 79.9. The van der Waals surface area contributed by atoms with Gasteiger partial charge in [-0.3, -0.25) is 0 Å². The van der Waals surface area contributed by atoms with E-state index in [4.69, 9.17) is 0 Å². The monoisotopic (exact) mass is 369 g/mol. The van der Waals surface area contributed by atoms with Crippen LogP contribution in [0.2, 0.25) is 0 Å². The van der Waals surface area contributed by atoms with Crippen LogP contribution in [0, 0.1) is 6.92 Å². The SMILES string of the molecule is CNc1nc(Cc2ccccc2Br)nc(C)c1Br. The highest BCUT2D eigenvalue weighted by molar-refractivity contribution is 9.11. The van der Waals surface area contributed by atoms with E-state index in [9.17, 15) is 0 Å². The van der Waals surface area contributed by atoms with Crippen LogP contribution in [-0.4, -0.2) is 17.0 Å². The third kappa shape index (κ3) is 2.90. The zero-order chi connectivity index (χ0) is 13.1. The summed E-state index contributed by atoms with van der Waals surface area (Å²) in [6.45, 7) is 1.97. The lowest BCUT2D eigenvalue weighted by atomic mass is 10.1. The Balaban J connectivity index is 2.36. The number of nitrogens with zero attached hydrogens (tertiary/aromatic N) is 2. The summed E-state index contributed by atoms with van der Waals surface area (Å²) in [4.78, 5) is 9.00. The van der Waals surface area contributed by atoms with Crippen LogP contribution >= 0.6 is 31.9 Å². The van der Waals surface area contributed by atoms with Gasteiger partial charge in [-0.05, 0) is 34.5 Å². The molecule has 1 heterocycles. The largest absolute Gasteiger partial charge is 0.372 e. The predicted octanol–water partition coefficient (Wildman–Crippen LogP) is 3.94. The molecule has 0 atom stereocenters. The molecule has 18 heavy (non-hydrogen) atoms. The zero-order valence-corrected chi connectivity index (χ0v) is 13.3. The molecule has 0 spiro atoms. The van der Waals surface area contributed by atoms with Gasteiger partial charge in [-0.2, -0.15) is 0 Å². The minimum absolute atomic E-state index is 0.713. The van der Waals surface area contributed by atoms with Crippen molar-refractivity contribution in [3.05, 3.63) is 50.3 Å². The zero-order valence-electron chi connectivity index (χ0n) is 10.2. The van der Waals surface area contributed by atoms with Gasteiger partial charge in [0.2, 0.25) is 0 Å². The molecule has 0 radical (unpaired) electrons. The van der Waals surface area contributed by atoms with Crippen molar-refractivity contribution in [2.45, 2.75) is 13.3 Å². The molecule has 0 fully saturated rings. The van der Waals surface area contributed by atoms with Crippen molar-refractivity contribution in [2.75, 3.05) is 12.4 Å². The molecular formula is C13H13Br2N3. The van der Waals surface area contributed by atoms with Crippen LogP contribution in [0.15, 0.2) is 33.2 Å². The van der Waals surface area contributed by atoms with Crippen molar-refractivity contribution in [3.8, 4) is 0 Å². The highest BCUT2D eigenvalue weighted by Crippen LogP contribution is 2.24. The second-order valence-electron chi connectivity index (χ2n) is 3.91. The molecule has 0 saturated heterocycles. The van der Waals surface area contributed by atoms with Crippen LogP contribution in [0.3, 0.4) is 0 Å². The minimum Gasteiger partial charge on any atom is -0.372 e. The fraction of sp³-hybridized carbons (Fsp3) is 0.231. The van der Waals surface area contributed by atoms with Crippen molar-refractivity contribution < 1.29 is 0 Å². The highest BCUT2D eigenvalue weighted by Gasteiger charge is 2.09. The van der Waals surface area contributed by atoms with Crippen molar-refractivity contribution in [3.63, 3.8) is 0 Å². The average Bonchev–Trinajstić information content (AvgIpc) is 2.36. The molecule has 94 valence electrons. The summed E-state index contributed by atoms with van der Waals surface area (Å²) in [6.07, 6.45) is 0.713. The normalized spacial score (nSPS) is 10.4. The van der Waals surface area contributed by atoms with E-state index in [1.807, 2.05) is 32.2 Å². The van der Waals surface area contributed by atoms with Gasteiger partial charge < -0.3 is 5.32 Å². The number of hydrogen-bond acceptors (Lipinski definition) is 3. The summed E-state index contributed by atoms with van der Waals surface area (Å²) in [5.41, 5.74) is 2.12. The molecule has 0 aliphatic carbocycles. The first kappa shape index (κ1) is 13.5. The van der Waals surface area contributed by atoms with Gasteiger partial charge in [-0.25, -0.2) is 9.97 Å². The van der Waals surface area contributed by atoms with Gasteiger partial charge in [0.15, 0.2) is 0 Å². The van der Waals surface area contributed by atoms with Crippen LogP contribution < -0.4 is 5.32 Å². The van der Waals surface area contributed by atoms with E-state index in [1.165, 1.54) is 5.56 Å². The number of rotatable bonds is 3. The minimum atomic E-state index is 0.713. The Labute approximate surface area is 123 Å². The molecule has 3 nitrogen and oxygen atoms in total. The fourth-order valence-corrected chi connectivity index (χ4v) is 2.47. The van der Waals surface area contributed by atoms with Crippen molar-refractivity contribution in [1.29, 1.82) is 0 Å².